The van der Waals surface area contributed by atoms with Crippen LogP contribution in [0.4, 0.5) is 0 Å². The number of amides is 2. The van der Waals surface area contributed by atoms with E-state index in [1.807, 2.05) is 35.2 Å². The fourth-order valence-electron chi connectivity index (χ4n) is 4.31. The van der Waals surface area contributed by atoms with Crippen LogP contribution in [0.15, 0.2) is 30.3 Å². The number of hydrogen-bond donors (Lipinski definition) is 4. The van der Waals surface area contributed by atoms with Gasteiger partial charge in [-0.2, -0.15) is 0 Å². The lowest BCUT2D eigenvalue weighted by Crippen LogP contribution is -2.53. The third-order valence-electron chi connectivity index (χ3n) is 6.05. The van der Waals surface area contributed by atoms with Crippen molar-refractivity contribution in [3.63, 3.8) is 0 Å². The maximum absolute atomic E-state index is 13.3. The Morgan fingerprint density at radius 3 is 2.41 bits per heavy atom. The van der Waals surface area contributed by atoms with Crippen LogP contribution in [0, 0.1) is 11.3 Å². The van der Waals surface area contributed by atoms with Crippen LogP contribution in [0.25, 0.3) is 0 Å². The average Bonchev–Trinajstić information content (AvgIpc) is 3.22. The molecule has 158 valence electrons. The molecule has 8 heteroatoms. The Hall–Kier alpha value is -2.61. The van der Waals surface area contributed by atoms with Gasteiger partial charge in [0.15, 0.2) is 5.96 Å². The zero-order chi connectivity index (χ0) is 20.8. The molecule has 6 N–H and O–H groups in total. The highest BCUT2D eigenvalue weighted by Gasteiger charge is 2.36. The van der Waals surface area contributed by atoms with E-state index in [1.54, 1.807) is 4.90 Å². The van der Waals surface area contributed by atoms with E-state index in [0.29, 0.717) is 25.3 Å². The summed E-state index contributed by atoms with van der Waals surface area (Å²) in [6, 6.07) is 9.04. The molecule has 8 nitrogen and oxygen atoms in total. The third kappa shape index (κ3) is 5.47. The molecule has 2 amide bonds. The minimum absolute atomic E-state index is 0.0451. The smallest absolute Gasteiger partial charge is 0.240 e. The van der Waals surface area contributed by atoms with E-state index in [0.717, 1.165) is 44.5 Å². The van der Waals surface area contributed by atoms with E-state index in [9.17, 15) is 9.59 Å². The van der Waals surface area contributed by atoms with Gasteiger partial charge in [-0.25, -0.2) is 0 Å². The molecule has 3 rings (SSSR count). The highest BCUT2D eigenvalue weighted by atomic mass is 16.2. The summed E-state index contributed by atoms with van der Waals surface area (Å²) in [6.45, 7) is 2.85. The van der Waals surface area contributed by atoms with Crippen LogP contribution < -0.4 is 16.8 Å². The van der Waals surface area contributed by atoms with Crippen molar-refractivity contribution in [1.29, 1.82) is 5.41 Å². The number of benzene rings is 1. The van der Waals surface area contributed by atoms with Gasteiger partial charge in [-0.3, -0.25) is 15.0 Å². The van der Waals surface area contributed by atoms with Crippen LogP contribution in [0.5, 0.6) is 0 Å². The summed E-state index contributed by atoms with van der Waals surface area (Å²) in [4.78, 5) is 28.6. The van der Waals surface area contributed by atoms with E-state index < -0.39 is 11.9 Å². The van der Waals surface area contributed by atoms with Gasteiger partial charge in [-0.15, -0.1) is 0 Å². The van der Waals surface area contributed by atoms with Crippen LogP contribution >= 0.6 is 0 Å². The zero-order valence-corrected chi connectivity index (χ0v) is 16.8. The lowest BCUT2D eigenvalue weighted by atomic mass is 9.96. The van der Waals surface area contributed by atoms with Crippen molar-refractivity contribution < 1.29 is 9.59 Å². The summed E-state index contributed by atoms with van der Waals surface area (Å²) in [7, 11) is 0. The monoisotopic (exact) mass is 400 g/mol. The standard InChI is InChI=1S/C21H32N6O2/c22-19(28)18-7-4-10-27(18)20(29)17(13-15-5-2-1-3-6-15)25-14-16-8-11-26(12-9-16)21(23)24/h1-3,5-6,16-18,25H,4,7-14H2,(H2,22,28)(H3,23,24)/t17?,18-/m0/s1. The minimum atomic E-state index is -0.499. The first-order valence-electron chi connectivity index (χ1n) is 10.4. The van der Waals surface area contributed by atoms with Crippen molar-refractivity contribution in [3.8, 4) is 0 Å². The molecule has 2 saturated heterocycles. The van der Waals surface area contributed by atoms with E-state index in [2.05, 4.69) is 5.32 Å². The van der Waals surface area contributed by atoms with Crippen molar-refractivity contribution in [2.24, 2.45) is 17.4 Å². The predicted octanol–water partition coefficient (Wildman–Crippen LogP) is 0.269. The van der Waals surface area contributed by atoms with Gasteiger partial charge in [0, 0.05) is 19.6 Å². The SMILES string of the molecule is N=C(N)N1CCC(CNC(Cc2ccccc2)C(=O)N2CCC[C@H]2C(N)=O)CC1. The van der Waals surface area contributed by atoms with Crippen LogP contribution in [0.2, 0.25) is 0 Å². The van der Waals surface area contributed by atoms with Gasteiger partial charge in [0.2, 0.25) is 11.8 Å². The van der Waals surface area contributed by atoms with Crippen molar-refractivity contribution >= 4 is 17.8 Å². The molecule has 2 fully saturated rings. The summed E-state index contributed by atoms with van der Waals surface area (Å²) >= 11 is 0. The molecular weight excluding hydrogens is 368 g/mol. The normalized spacial score (nSPS) is 21.2. The first-order chi connectivity index (χ1) is 14.0. The van der Waals surface area contributed by atoms with Gasteiger partial charge >= 0.3 is 0 Å². The second-order valence-electron chi connectivity index (χ2n) is 8.06. The van der Waals surface area contributed by atoms with Crippen LogP contribution in [0.3, 0.4) is 0 Å². The molecular formula is C21H32N6O2. The molecule has 0 aromatic heterocycles. The second-order valence-corrected chi connectivity index (χ2v) is 8.06. The predicted molar refractivity (Wildman–Crippen MR) is 112 cm³/mol. The summed E-state index contributed by atoms with van der Waals surface area (Å²) < 4.78 is 0. The van der Waals surface area contributed by atoms with Gasteiger partial charge in [-0.05, 0) is 50.1 Å². The summed E-state index contributed by atoms with van der Waals surface area (Å²) in [5.41, 5.74) is 12.2. The number of hydrogen-bond acceptors (Lipinski definition) is 4. The molecule has 1 aromatic carbocycles. The van der Waals surface area contributed by atoms with Crippen molar-refractivity contribution in [2.45, 2.75) is 44.2 Å². The number of likely N-dealkylation sites (tertiary alicyclic amines) is 2. The van der Waals surface area contributed by atoms with Crippen molar-refractivity contribution in [2.75, 3.05) is 26.2 Å². The quantitative estimate of drug-likeness (QED) is 0.386. The maximum Gasteiger partial charge on any atom is 0.240 e. The lowest BCUT2D eigenvalue weighted by Gasteiger charge is -2.34. The minimum Gasteiger partial charge on any atom is -0.370 e. The summed E-state index contributed by atoms with van der Waals surface area (Å²) in [5, 5.41) is 11.0. The molecule has 0 saturated carbocycles. The Morgan fingerprint density at radius 2 is 1.79 bits per heavy atom. The first kappa shape index (κ1) is 21.1. The number of guanidine groups is 1. The Morgan fingerprint density at radius 1 is 1.10 bits per heavy atom. The van der Waals surface area contributed by atoms with Crippen LogP contribution in [-0.2, 0) is 16.0 Å². The molecule has 2 aliphatic heterocycles. The fourth-order valence-corrected chi connectivity index (χ4v) is 4.31. The molecule has 0 spiro atoms. The number of piperidine rings is 1. The molecule has 2 aliphatic rings. The van der Waals surface area contributed by atoms with E-state index >= 15 is 0 Å². The Labute approximate surface area is 172 Å². The molecule has 2 atom stereocenters. The van der Waals surface area contributed by atoms with E-state index in [1.165, 1.54) is 0 Å². The van der Waals surface area contributed by atoms with Gasteiger partial charge in [0.05, 0.1) is 6.04 Å². The van der Waals surface area contributed by atoms with Gasteiger partial charge < -0.3 is 26.6 Å². The van der Waals surface area contributed by atoms with Crippen molar-refractivity contribution in [3.05, 3.63) is 35.9 Å². The molecule has 0 aliphatic carbocycles. The number of primary amides is 1. The van der Waals surface area contributed by atoms with E-state index in [-0.39, 0.29) is 17.9 Å². The molecule has 1 aromatic rings. The highest BCUT2D eigenvalue weighted by Crippen LogP contribution is 2.20. The summed E-state index contributed by atoms with van der Waals surface area (Å²) in [5.74, 6) is 0.0875. The number of carbonyl (C=O) groups is 2. The van der Waals surface area contributed by atoms with Gasteiger partial charge in [0.25, 0.3) is 0 Å². The fraction of sp³-hybridized carbons (Fsp3) is 0.571. The zero-order valence-electron chi connectivity index (χ0n) is 16.8. The molecule has 0 radical (unpaired) electrons. The first-order valence-corrected chi connectivity index (χ1v) is 10.4. The number of nitrogens with zero attached hydrogens (tertiary/aromatic N) is 2. The molecule has 29 heavy (non-hydrogen) atoms. The maximum atomic E-state index is 13.3. The van der Waals surface area contributed by atoms with Crippen LogP contribution in [-0.4, -0.2) is 65.8 Å². The number of nitrogens with two attached hydrogens (primary N) is 2. The Kier molecular flexibility index (Phi) is 7.09. The molecule has 2 heterocycles. The number of nitrogens with one attached hydrogen (secondary N) is 2. The highest BCUT2D eigenvalue weighted by molar-refractivity contribution is 5.89. The number of rotatable bonds is 7. The van der Waals surface area contributed by atoms with Crippen LogP contribution in [0.1, 0.15) is 31.2 Å². The average molecular weight is 401 g/mol. The third-order valence-corrected chi connectivity index (χ3v) is 6.05. The van der Waals surface area contributed by atoms with Gasteiger partial charge in [0.1, 0.15) is 6.04 Å². The Balaban J connectivity index is 1.64. The van der Waals surface area contributed by atoms with E-state index in [4.69, 9.17) is 16.9 Å². The van der Waals surface area contributed by atoms with Crippen molar-refractivity contribution in [1.82, 2.24) is 15.1 Å². The Bertz CT molecular complexity index is 717. The lowest BCUT2D eigenvalue weighted by molar-refractivity contribution is -0.139. The molecule has 0 bridgehead atoms. The largest absolute Gasteiger partial charge is 0.370 e. The number of carbonyl (C=O) groups excluding carboxylic acids is 2. The second kappa shape index (κ2) is 9.73. The summed E-state index contributed by atoms with van der Waals surface area (Å²) in [6.07, 6.45) is 3.90. The topological polar surface area (TPSA) is 129 Å². The van der Waals surface area contributed by atoms with Gasteiger partial charge in [-0.1, -0.05) is 30.3 Å². The molecule has 1 unspecified atom stereocenters.